The lowest BCUT2D eigenvalue weighted by atomic mass is 9.83. The zero-order valence-corrected chi connectivity index (χ0v) is 24.1. The molecule has 7 nitrogen and oxygen atoms in total. The number of nitrogens with one attached hydrogen (secondary N) is 1. The monoisotopic (exact) mass is 543 g/mol. The fourth-order valence-corrected chi connectivity index (χ4v) is 6.09. The zero-order valence-electron chi connectivity index (χ0n) is 24.1. The Balaban J connectivity index is 1.21. The van der Waals surface area contributed by atoms with Gasteiger partial charge < -0.3 is 24.4 Å². The number of para-hydroxylation sites is 2. The molecule has 7 heteroatoms. The fourth-order valence-electron chi connectivity index (χ4n) is 6.09. The smallest absolute Gasteiger partial charge is 0.281 e. The first-order valence-corrected chi connectivity index (χ1v) is 14.6. The highest BCUT2D eigenvalue weighted by molar-refractivity contribution is 5.96. The molecule has 1 N–H and O–H groups in total. The van der Waals surface area contributed by atoms with E-state index >= 15 is 0 Å². The van der Waals surface area contributed by atoms with Crippen LogP contribution < -0.4 is 19.5 Å². The van der Waals surface area contributed by atoms with Crippen molar-refractivity contribution in [3.63, 3.8) is 0 Å². The number of likely N-dealkylation sites (tertiary alicyclic amines) is 1. The van der Waals surface area contributed by atoms with Gasteiger partial charge in [-0.1, -0.05) is 26.0 Å². The number of aromatic nitrogens is 1. The molecule has 1 saturated heterocycles. The molecule has 3 heterocycles. The second-order valence-corrected chi connectivity index (χ2v) is 10.7. The van der Waals surface area contributed by atoms with Crippen LogP contribution in [0.5, 0.6) is 17.2 Å². The number of carbonyl (C=O) groups excluding carboxylic acids is 1. The molecule has 1 atom stereocenters. The van der Waals surface area contributed by atoms with Crippen LogP contribution in [0.25, 0.3) is 0 Å². The topological polar surface area (TPSA) is 72.9 Å². The van der Waals surface area contributed by atoms with E-state index in [0.717, 1.165) is 84.8 Å². The number of carbonyl (C=O) groups is 1. The Morgan fingerprint density at radius 3 is 2.33 bits per heavy atom. The van der Waals surface area contributed by atoms with Gasteiger partial charge in [-0.25, -0.2) is 0 Å². The standard InChI is InChI=1S/C33H41N3O4/c1-5-24-16-20-34-28(6-2)31(24)32(37)35-19-15-23(3)36-21-17-26(18-22-36)33(25-11-13-27(38-4)14-12-25)39-29-9-7-8-10-30(29)40-33/h7-14,16,20,23,26H,5-6,15,17-19,21-22H2,1-4H3,(H,35,37). The minimum absolute atomic E-state index is 0.00996. The Hall–Kier alpha value is -3.58. The van der Waals surface area contributed by atoms with Crippen molar-refractivity contribution < 1.29 is 19.0 Å². The van der Waals surface area contributed by atoms with Gasteiger partial charge in [0.25, 0.3) is 11.7 Å². The maximum atomic E-state index is 13.1. The SMILES string of the molecule is CCc1ccnc(CC)c1C(=O)NCCC(C)N1CCC(C2(c3ccc(OC)cc3)Oc3ccccc3O2)CC1. The number of ether oxygens (including phenoxy) is 3. The largest absolute Gasteiger partial charge is 0.497 e. The summed E-state index contributed by atoms with van der Waals surface area (Å²) in [6, 6.07) is 18.3. The summed E-state index contributed by atoms with van der Waals surface area (Å²) < 4.78 is 18.6. The predicted octanol–water partition coefficient (Wildman–Crippen LogP) is 5.76. The number of aryl methyl sites for hydroxylation is 2. The van der Waals surface area contributed by atoms with Crippen molar-refractivity contribution in [2.45, 2.75) is 64.7 Å². The van der Waals surface area contributed by atoms with E-state index in [4.69, 9.17) is 14.2 Å². The van der Waals surface area contributed by atoms with Gasteiger partial charge in [0.1, 0.15) is 5.75 Å². The van der Waals surface area contributed by atoms with Gasteiger partial charge in [-0.2, -0.15) is 0 Å². The third kappa shape index (κ3) is 5.52. The van der Waals surface area contributed by atoms with E-state index < -0.39 is 5.79 Å². The maximum Gasteiger partial charge on any atom is 0.281 e. The van der Waals surface area contributed by atoms with Crippen LogP contribution in [0, 0.1) is 5.92 Å². The normalized spacial score (nSPS) is 17.4. The second-order valence-electron chi connectivity index (χ2n) is 10.7. The minimum atomic E-state index is -0.850. The van der Waals surface area contributed by atoms with Crippen LogP contribution in [0.2, 0.25) is 0 Å². The van der Waals surface area contributed by atoms with Gasteiger partial charge in [0.2, 0.25) is 0 Å². The highest BCUT2D eigenvalue weighted by Gasteiger charge is 2.51. The molecule has 0 saturated carbocycles. The molecule has 5 rings (SSSR count). The highest BCUT2D eigenvalue weighted by Crippen LogP contribution is 2.50. The van der Waals surface area contributed by atoms with E-state index in [-0.39, 0.29) is 11.8 Å². The van der Waals surface area contributed by atoms with E-state index in [2.05, 4.69) is 41.2 Å². The average Bonchev–Trinajstić information content (AvgIpc) is 3.41. The van der Waals surface area contributed by atoms with Gasteiger partial charge in [0, 0.05) is 30.3 Å². The molecule has 40 heavy (non-hydrogen) atoms. The van der Waals surface area contributed by atoms with Gasteiger partial charge in [-0.05, 0) is 100 Å². The molecule has 0 aliphatic carbocycles. The van der Waals surface area contributed by atoms with E-state index in [0.29, 0.717) is 12.6 Å². The Morgan fingerprint density at radius 1 is 1.05 bits per heavy atom. The number of nitrogens with zero attached hydrogens (tertiary/aromatic N) is 2. The molecule has 1 amide bonds. The first-order valence-electron chi connectivity index (χ1n) is 14.6. The molecule has 0 bridgehead atoms. The molecule has 1 fully saturated rings. The van der Waals surface area contributed by atoms with Crippen molar-refractivity contribution in [1.82, 2.24) is 15.2 Å². The summed E-state index contributed by atoms with van der Waals surface area (Å²) >= 11 is 0. The first-order chi connectivity index (χ1) is 19.5. The third-order valence-corrected chi connectivity index (χ3v) is 8.46. The zero-order chi connectivity index (χ0) is 28.1. The number of fused-ring (bicyclic) bond motifs is 1. The summed E-state index contributed by atoms with van der Waals surface area (Å²) in [5.41, 5.74) is 3.69. The number of hydrogen-bond donors (Lipinski definition) is 1. The average molecular weight is 544 g/mol. The summed E-state index contributed by atoms with van der Waals surface area (Å²) in [6.45, 7) is 8.91. The summed E-state index contributed by atoms with van der Waals surface area (Å²) in [4.78, 5) is 20.0. The lowest BCUT2D eigenvalue weighted by Gasteiger charge is -2.42. The van der Waals surface area contributed by atoms with Crippen LogP contribution in [0.15, 0.2) is 60.8 Å². The molecule has 2 aliphatic rings. The molecule has 3 aromatic rings. The van der Waals surface area contributed by atoms with Gasteiger partial charge in [-0.3, -0.25) is 9.78 Å². The maximum absolute atomic E-state index is 13.1. The van der Waals surface area contributed by atoms with E-state index in [9.17, 15) is 4.79 Å². The lowest BCUT2D eigenvalue weighted by Crippen LogP contribution is -2.50. The first kappa shape index (κ1) is 28.0. The summed E-state index contributed by atoms with van der Waals surface area (Å²) in [6.07, 6.45) is 6.16. The molecule has 212 valence electrons. The van der Waals surface area contributed by atoms with Crippen LogP contribution in [-0.2, 0) is 18.6 Å². The van der Waals surface area contributed by atoms with Crippen molar-refractivity contribution in [2.75, 3.05) is 26.7 Å². The van der Waals surface area contributed by atoms with Gasteiger partial charge in [-0.15, -0.1) is 0 Å². The lowest BCUT2D eigenvalue weighted by molar-refractivity contribution is -0.149. The van der Waals surface area contributed by atoms with E-state index in [1.54, 1.807) is 13.3 Å². The van der Waals surface area contributed by atoms with Crippen LogP contribution in [0.3, 0.4) is 0 Å². The van der Waals surface area contributed by atoms with Gasteiger partial charge >= 0.3 is 0 Å². The predicted molar refractivity (Wildman–Crippen MR) is 156 cm³/mol. The third-order valence-electron chi connectivity index (χ3n) is 8.46. The minimum Gasteiger partial charge on any atom is -0.497 e. The number of benzene rings is 2. The Labute approximate surface area is 237 Å². The Bertz CT molecular complexity index is 1250. The molecule has 1 unspecified atom stereocenters. The molecule has 2 aromatic carbocycles. The summed E-state index contributed by atoms with van der Waals surface area (Å²) in [5, 5.41) is 3.16. The molecular formula is C33H41N3O4. The van der Waals surface area contributed by atoms with Crippen LogP contribution >= 0.6 is 0 Å². The summed E-state index contributed by atoms with van der Waals surface area (Å²) in [7, 11) is 1.68. The fraction of sp³-hybridized carbons (Fsp3) is 0.455. The molecule has 1 aromatic heterocycles. The van der Waals surface area contributed by atoms with Crippen molar-refractivity contribution in [1.29, 1.82) is 0 Å². The molecular weight excluding hydrogens is 502 g/mol. The quantitative estimate of drug-likeness (QED) is 0.351. The number of hydrogen-bond acceptors (Lipinski definition) is 6. The van der Waals surface area contributed by atoms with Crippen molar-refractivity contribution in [3.8, 4) is 17.2 Å². The second kappa shape index (κ2) is 12.3. The van der Waals surface area contributed by atoms with Crippen molar-refractivity contribution in [3.05, 3.63) is 83.2 Å². The molecule has 2 aliphatic heterocycles. The Morgan fingerprint density at radius 2 is 1.73 bits per heavy atom. The van der Waals surface area contributed by atoms with Gasteiger partial charge in [0.15, 0.2) is 11.5 Å². The molecule has 0 radical (unpaired) electrons. The van der Waals surface area contributed by atoms with Crippen LogP contribution in [0.1, 0.15) is 67.2 Å². The number of rotatable bonds is 10. The van der Waals surface area contributed by atoms with Gasteiger partial charge in [0.05, 0.1) is 18.4 Å². The summed E-state index contributed by atoms with van der Waals surface area (Å²) in [5.74, 6) is 1.72. The van der Waals surface area contributed by atoms with E-state index in [1.807, 2.05) is 49.4 Å². The number of piperidine rings is 1. The number of amides is 1. The van der Waals surface area contributed by atoms with E-state index in [1.165, 1.54) is 0 Å². The highest BCUT2D eigenvalue weighted by atomic mass is 16.7. The van der Waals surface area contributed by atoms with Crippen LogP contribution in [0.4, 0.5) is 0 Å². The molecule has 0 spiro atoms. The Kier molecular flexibility index (Phi) is 8.60. The number of pyridine rings is 1. The number of methoxy groups -OCH3 is 1. The van der Waals surface area contributed by atoms with Crippen LogP contribution in [-0.4, -0.2) is 48.6 Å². The van der Waals surface area contributed by atoms with Crippen molar-refractivity contribution in [2.24, 2.45) is 5.92 Å². The van der Waals surface area contributed by atoms with Crippen molar-refractivity contribution >= 4 is 5.91 Å².